The molecule has 13 heteroatoms. The van der Waals surface area contributed by atoms with Crippen LogP contribution in [0.25, 0.3) is 0 Å². The predicted molar refractivity (Wildman–Crippen MR) is 113 cm³/mol. The van der Waals surface area contributed by atoms with E-state index in [1.807, 2.05) is 0 Å². The Kier molecular flexibility index (Phi) is 9.11. The molecule has 29 heavy (non-hydrogen) atoms. The summed E-state index contributed by atoms with van der Waals surface area (Å²) in [7, 11) is 4.41. The molecule has 1 heterocycles. The van der Waals surface area contributed by atoms with E-state index in [-0.39, 0.29) is 30.3 Å². The van der Waals surface area contributed by atoms with Crippen LogP contribution in [0, 0.1) is 5.92 Å². The molecule has 0 saturated heterocycles. The summed E-state index contributed by atoms with van der Waals surface area (Å²) in [6, 6.07) is -0.228. The van der Waals surface area contributed by atoms with Gasteiger partial charge in [0.1, 0.15) is 12.2 Å². The van der Waals surface area contributed by atoms with Crippen molar-refractivity contribution in [3.63, 3.8) is 0 Å². The lowest BCUT2D eigenvalue weighted by molar-refractivity contribution is -0.136. The van der Waals surface area contributed by atoms with Crippen LogP contribution in [-0.2, 0) is 39.9 Å². The average molecular weight is 468 g/mol. The first kappa shape index (κ1) is 24.3. The molecule has 1 saturated carbocycles. The molecule has 10 nitrogen and oxygen atoms in total. The van der Waals surface area contributed by atoms with E-state index in [1.165, 1.54) is 26.4 Å². The second-order valence-electron chi connectivity index (χ2n) is 6.54. The van der Waals surface area contributed by atoms with Crippen molar-refractivity contribution in [3.05, 3.63) is 12.2 Å². The van der Waals surface area contributed by atoms with E-state index in [4.69, 9.17) is 42.5 Å². The number of ether oxygens (including phenoxy) is 2. The zero-order valence-corrected chi connectivity index (χ0v) is 18.9. The van der Waals surface area contributed by atoms with Gasteiger partial charge in [-0.25, -0.2) is 0 Å². The van der Waals surface area contributed by atoms with Gasteiger partial charge < -0.3 is 34.0 Å². The molecule has 0 aromatic carbocycles. The Morgan fingerprint density at radius 3 is 2.48 bits per heavy atom. The Hall–Kier alpha value is -0.980. The fraction of sp³-hybridized carbons (Fsp3) is 0.688. The molecule has 0 aromatic rings. The summed E-state index contributed by atoms with van der Waals surface area (Å²) in [5.74, 6) is -0.779. The van der Waals surface area contributed by atoms with Gasteiger partial charge in [0.15, 0.2) is 5.11 Å². The van der Waals surface area contributed by atoms with Crippen LogP contribution in [0.3, 0.4) is 0 Å². The number of nitrogens with one attached hydrogen (secondary N) is 2. The quantitative estimate of drug-likeness (QED) is 0.223. The van der Waals surface area contributed by atoms with Gasteiger partial charge in [0.05, 0.1) is 12.6 Å². The summed E-state index contributed by atoms with van der Waals surface area (Å²) in [5, 5.41) is 6.48. The van der Waals surface area contributed by atoms with Crippen LogP contribution in [0.15, 0.2) is 12.2 Å². The number of imide groups is 1. The highest BCUT2D eigenvalue weighted by atomic mass is 32.5. The Labute approximate surface area is 180 Å². The van der Waals surface area contributed by atoms with E-state index in [1.54, 1.807) is 7.11 Å². The van der Waals surface area contributed by atoms with Crippen molar-refractivity contribution >= 4 is 47.7 Å². The van der Waals surface area contributed by atoms with Crippen molar-refractivity contribution in [2.75, 3.05) is 41.0 Å². The normalized spacial score (nSPS) is 28.6. The minimum absolute atomic E-state index is 0.0965. The van der Waals surface area contributed by atoms with Crippen molar-refractivity contribution in [2.24, 2.45) is 5.92 Å². The van der Waals surface area contributed by atoms with E-state index in [0.717, 1.165) is 4.90 Å². The Morgan fingerprint density at radius 2 is 1.93 bits per heavy atom. The highest BCUT2D eigenvalue weighted by Crippen LogP contribution is 2.48. The van der Waals surface area contributed by atoms with Crippen LogP contribution in [0.1, 0.15) is 6.42 Å². The van der Waals surface area contributed by atoms with Crippen molar-refractivity contribution in [1.29, 1.82) is 0 Å². The maximum Gasteiger partial charge on any atom is 0.324 e. The topological polar surface area (TPSA) is 119 Å². The van der Waals surface area contributed by atoms with Gasteiger partial charge in [0.25, 0.3) is 11.8 Å². The number of hydrogen-bond acceptors (Lipinski definition) is 8. The number of nitrogens with zero attached hydrogens (tertiary/aromatic N) is 1. The number of thiocarbonyl (C=S) groups is 1. The first-order chi connectivity index (χ1) is 13.7. The molecule has 0 spiro atoms. The molecule has 1 aliphatic carbocycles. The SMILES string of the molecule is COC[C@H]1C[C@@H](NC(=S)NCCN2C(=O)C=CC2=O)C(OC)[C@H]1OP(O)(=S)OC. The monoisotopic (exact) mass is 467 g/mol. The number of amides is 2. The van der Waals surface area contributed by atoms with Crippen LogP contribution in [0.5, 0.6) is 0 Å². The minimum atomic E-state index is -3.39. The van der Waals surface area contributed by atoms with E-state index < -0.39 is 18.9 Å². The summed E-state index contributed by atoms with van der Waals surface area (Å²) < 4.78 is 21.4. The van der Waals surface area contributed by atoms with Crippen molar-refractivity contribution in [3.8, 4) is 0 Å². The number of methoxy groups -OCH3 is 2. The smallest absolute Gasteiger partial charge is 0.324 e. The molecule has 1 fully saturated rings. The maximum absolute atomic E-state index is 11.6. The fourth-order valence-corrected chi connectivity index (χ4v) is 4.64. The molecule has 2 rings (SSSR count). The zero-order valence-electron chi connectivity index (χ0n) is 16.4. The van der Waals surface area contributed by atoms with Gasteiger partial charge in [-0.2, -0.15) is 0 Å². The molecule has 0 aromatic heterocycles. The molecule has 2 aliphatic rings. The molecular formula is C16H26N3O7PS2. The van der Waals surface area contributed by atoms with Gasteiger partial charge >= 0.3 is 6.72 Å². The Morgan fingerprint density at radius 1 is 1.28 bits per heavy atom. The van der Waals surface area contributed by atoms with Crippen molar-refractivity contribution < 1.29 is 33.0 Å². The fourth-order valence-electron chi connectivity index (χ4n) is 3.40. The van der Waals surface area contributed by atoms with Gasteiger partial charge in [-0.1, -0.05) is 0 Å². The van der Waals surface area contributed by atoms with Gasteiger partial charge in [-0.3, -0.25) is 14.5 Å². The zero-order chi connectivity index (χ0) is 21.6. The van der Waals surface area contributed by atoms with Gasteiger partial charge in [0.2, 0.25) is 0 Å². The largest absolute Gasteiger partial charge is 0.384 e. The van der Waals surface area contributed by atoms with Crippen LogP contribution >= 0.6 is 18.9 Å². The van der Waals surface area contributed by atoms with E-state index in [9.17, 15) is 14.5 Å². The van der Waals surface area contributed by atoms with Gasteiger partial charge in [-0.15, -0.1) is 0 Å². The molecule has 164 valence electrons. The average Bonchev–Trinajstić information content (AvgIpc) is 3.15. The van der Waals surface area contributed by atoms with Crippen LogP contribution in [-0.4, -0.2) is 86.0 Å². The number of carbonyl (C=O) groups excluding carboxylic acids is 2. The lowest BCUT2D eigenvalue weighted by Crippen LogP contribution is -2.49. The molecular weight excluding hydrogens is 441 g/mol. The summed E-state index contributed by atoms with van der Waals surface area (Å²) in [6.07, 6.45) is 2.08. The van der Waals surface area contributed by atoms with Crippen molar-refractivity contribution in [2.45, 2.75) is 24.7 Å². The summed E-state index contributed by atoms with van der Waals surface area (Å²) in [6.45, 7) is -2.51. The van der Waals surface area contributed by atoms with E-state index in [2.05, 4.69) is 10.6 Å². The lowest BCUT2D eigenvalue weighted by Gasteiger charge is -2.28. The Bertz CT molecular complexity index is 690. The molecule has 1 aliphatic heterocycles. The highest BCUT2D eigenvalue weighted by molar-refractivity contribution is 8.07. The molecule has 0 radical (unpaired) electrons. The standard InChI is InChI=1S/C16H26N3O7PS2/c1-23-9-10-8-11(15(24-2)14(10)26-27(22,29)25-3)18-16(28)17-6-7-19-12(20)4-5-13(19)21/h4-5,10-11,14-15H,6-9H2,1-3H3,(H,22,29)(H2,17,18,28)/t10-,11-,14+,15?,27?/m1/s1. The second kappa shape index (κ2) is 10.9. The number of rotatable bonds is 10. The van der Waals surface area contributed by atoms with E-state index in [0.29, 0.717) is 24.7 Å². The van der Waals surface area contributed by atoms with Gasteiger partial charge in [0, 0.05) is 52.5 Å². The summed E-state index contributed by atoms with van der Waals surface area (Å²) >= 11 is 10.3. The number of hydrogen-bond donors (Lipinski definition) is 3. The second-order valence-corrected chi connectivity index (χ2v) is 9.85. The third kappa shape index (κ3) is 6.50. The third-order valence-corrected chi connectivity index (χ3v) is 6.66. The highest BCUT2D eigenvalue weighted by Gasteiger charge is 2.47. The van der Waals surface area contributed by atoms with Gasteiger partial charge in [-0.05, 0) is 30.4 Å². The molecule has 0 bridgehead atoms. The minimum Gasteiger partial charge on any atom is -0.384 e. The molecule has 2 amide bonds. The van der Waals surface area contributed by atoms with E-state index >= 15 is 0 Å². The summed E-state index contributed by atoms with van der Waals surface area (Å²) in [5.41, 5.74) is 0. The molecule has 5 atom stereocenters. The van der Waals surface area contributed by atoms with Crippen molar-refractivity contribution in [1.82, 2.24) is 15.5 Å². The molecule has 3 N–H and O–H groups in total. The van der Waals surface area contributed by atoms with Crippen LogP contribution < -0.4 is 10.6 Å². The number of carbonyl (C=O) groups is 2. The third-order valence-electron chi connectivity index (χ3n) is 4.72. The maximum atomic E-state index is 11.6. The lowest BCUT2D eigenvalue weighted by atomic mass is 10.1. The Balaban J connectivity index is 1.92. The predicted octanol–water partition coefficient (Wildman–Crippen LogP) is -0.326. The first-order valence-electron chi connectivity index (χ1n) is 8.89. The van der Waals surface area contributed by atoms with Crippen LogP contribution in [0.2, 0.25) is 0 Å². The first-order valence-corrected chi connectivity index (χ1v) is 11.9. The summed E-state index contributed by atoms with van der Waals surface area (Å²) in [4.78, 5) is 34.3. The molecule has 2 unspecified atom stereocenters. The van der Waals surface area contributed by atoms with Crippen LogP contribution in [0.4, 0.5) is 0 Å².